The average molecular weight is 309 g/mol. The minimum absolute atomic E-state index is 0.305. The lowest BCUT2D eigenvalue weighted by molar-refractivity contribution is 0.302. The van der Waals surface area contributed by atoms with Crippen molar-refractivity contribution in [3.8, 4) is 22.6 Å². The Morgan fingerprint density at radius 2 is 1.83 bits per heavy atom. The summed E-state index contributed by atoms with van der Waals surface area (Å²) in [7, 11) is 1.61. The van der Waals surface area contributed by atoms with Crippen LogP contribution in [-0.2, 0) is 6.61 Å². The standard InChI is InChI=1S/C19H16FNO2/c1-22-17-8-5-14(6-9-17)18-12-15(20)7-10-19(18)23-13-16-4-2-3-11-21-16/h2-12H,13H2,1H3. The van der Waals surface area contributed by atoms with Crippen molar-refractivity contribution in [3.63, 3.8) is 0 Å². The summed E-state index contributed by atoms with van der Waals surface area (Å²) in [5.74, 6) is 1.06. The maximum Gasteiger partial charge on any atom is 0.130 e. The number of aromatic nitrogens is 1. The molecule has 0 bridgehead atoms. The lowest BCUT2D eigenvalue weighted by atomic mass is 10.0. The van der Waals surface area contributed by atoms with Crippen molar-refractivity contribution >= 4 is 0 Å². The quantitative estimate of drug-likeness (QED) is 0.696. The number of hydrogen-bond acceptors (Lipinski definition) is 3. The predicted octanol–water partition coefficient (Wildman–Crippen LogP) is 4.48. The number of halogens is 1. The summed E-state index contributed by atoms with van der Waals surface area (Å²) in [6.45, 7) is 0.329. The summed E-state index contributed by atoms with van der Waals surface area (Å²) in [4.78, 5) is 4.22. The molecule has 0 aliphatic rings. The van der Waals surface area contributed by atoms with Gasteiger partial charge in [-0.2, -0.15) is 0 Å². The van der Waals surface area contributed by atoms with Crippen LogP contribution in [0.1, 0.15) is 5.69 Å². The second-order valence-electron chi connectivity index (χ2n) is 4.98. The van der Waals surface area contributed by atoms with Gasteiger partial charge in [0.25, 0.3) is 0 Å². The number of pyridine rings is 1. The molecular weight excluding hydrogens is 293 g/mol. The minimum Gasteiger partial charge on any atom is -0.497 e. The number of methoxy groups -OCH3 is 1. The Hall–Kier alpha value is -2.88. The van der Waals surface area contributed by atoms with Crippen molar-refractivity contribution in [1.29, 1.82) is 0 Å². The van der Waals surface area contributed by atoms with Crippen LogP contribution in [0.25, 0.3) is 11.1 Å². The Kier molecular flexibility index (Phi) is 4.52. The molecule has 0 aliphatic heterocycles. The number of benzene rings is 2. The predicted molar refractivity (Wildman–Crippen MR) is 87.0 cm³/mol. The molecule has 0 aliphatic carbocycles. The molecule has 0 N–H and O–H groups in total. The topological polar surface area (TPSA) is 31.4 Å². The van der Waals surface area contributed by atoms with Crippen molar-refractivity contribution in [2.75, 3.05) is 7.11 Å². The molecule has 4 heteroatoms. The van der Waals surface area contributed by atoms with Gasteiger partial charge in [0.05, 0.1) is 12.8 Å². The fourth-order valence-electron chi connectivity index (χ4n) is 2.26. The molecular formula is C19H16FNO2. The summed E-state index contributed by atoms with van der Waals surface area (Å²) in [5.41, 5.74) is 2.38. The molecule has 0 amide bonds. The van der Waals surface area contributed by atoms with Gasteiger partial charge in [-0.1, -0.05) is 18.2 Å². The molecule has 0 unspecified atom stereocenters. The van der Waals surface area contributed by atoms with E-state index >= 15 is 0 Å². The first kappa shape index (κ1) is 15.0. The van der Waals surface area contributed by atoms with E-state index in [1.807, 2.05) is 42.5 Å². The zero-order valence-electron chi connectivity index (χ0n) is 12.7. The van der Waals surface area contributed by atoms with Gasteiger partial charge in [0.1, 0.15) is 23.9 Å². The van der Waals surface area contributed by atoms with Gasteiger partial charge in [-0.15, -0.1) is 0 Å². The number of rotatable bonds is 5. The molecule has 2 aromatic carbocycles. The zero-order valence-corrected chi connectivity index (χ0v) is 12.7. The molecule has 0 saturated heterocycles. The third-order valence-electron chi connectivity index (χ3n) is 3.44. The van der Waals surface area contributed by atoms with Crippen LogP contribution in [0.4, 0.5) is 4.39 Å². The second-order valence-corrected chi connectivity index (χ2v) is 4.98. The highest BCUT2D eigenvalue weighted by molar-refractivity contribution is 5.71. The third kappa shape index (κ3) is 3.66. The first-order valence-corrected chi connectivity index (χ1v) is 7.23. The summed E-state index contributed by atoms with van der Waals surface area (Å²) in [6, 6.07) is 17.6. The van der Waals surface area contributed by atoms with Crippen molar-refractivity contribution < 1.29 is 13.9 Å². The van der Waals surface area contributed by atoms with Crippen molar-refractivity contribution in [1.82, 2.24) is 4.98 Å². The Balaban J connectivity index is 1.88. The van der Waals surface area contributed by atoms with E-state index in [-0.39, 0.29) is 5.82 Å². The fourth-order valence-corrected chi connectivity index (χ4v) is 2.26. The minimum atomic E-state index is -0.305. The van der Waals surface area contributed by atoms with E-state index < -0.39 is 0 Å². The van der Waals surface area contributed by atoms with Crippen LogP contribution in [0.5, 0.6) is 11.5 Å². The van der Waals surface area contributed by atoms with Crippen LogP contribution in [0.3, 0.4) is 0 Å². The molecule has 1 heterocycles. The Bertz CT molecular complexity index is 773. The van der Waals surface area contributed by atoms with E-state index in [2.05, 4.69) is 4.98 Å². The molecule has 3 nitrogen and oxygen atoms in total. The van der Waals surface area contributed by atoms with Crippen LogP contribution in [0.2, 0.25) is 0 Å². The second kappa shape index (κ2) is 6.92. The number of nitrogens with zero attached hydrogens (tertiary/aromatic N) is 1. The Labute approximate surface area is 134 Å². The highest BCUT2D eigenvalue weighted by Gasteiger charge is 2.09. The van der Waals surface area contributed by atoms with E-state index in [9.17, 15) is 4.39 Å². The number of ether oxygens (including phenoxy) is 2. The van der Waals surface area contributed by atoms with Gasteiger partial charge >= 0.3 is 0 Å². The Morgan fingerprint density at radius 3 is 2.52 bits per heavy atom. The molecule has 23 heavy (non-hydrogen) atoms. The first-order valence-electron chi connectivity index (χ1n) is 7.23. The number of hydrogen-bond donors (Lipinski definition) is 0. The molecule has 0 spiro atoms. The van der Waals surface area contributed by atoms with Gasteiger partial charge in [0.15, 0.2) is 0 Å². The SMILES string of the molecule is COc1ccc(-c2cc(F)ccc2OCc2ccccn2)cc1. The molecule has 1 aromatic heterocycles. The zero-order chi connectivity index (χ0) is 16.1. The van der Waals surface area contributed by atoms with Gasteiger partial charge < -0.3 is 9.47 Å². The van der Waals surface area contributed by atoms with Crippen LogP contribution >= 0.6 is 0 Å². The largest absolute Gasteiger partial charge is 0.497 e. The lowest BCUT2D eigenvalue weighted by Gasteiger charge is -2.12. The molecule has 0 atom stereocenters. The van der Waals surface area contributed by atoms with Gasteiger partial charge in [0.2, 0.25) is 0 Å². The molecule has 0 radical (unpaired) electrons. The van der Waals surface area contributed by atoms with E-state index in [0.717, 1.165) is 17.0 Å². The summed E-state index contributed by atoms with van der Waals surface area (Å²) >= 11 is 0. The summed E-state index contributed by atoms with van der Waals surface area (Å²) < 4.78 is 24.6. The molecule has 3 rings (SSSR count). The van der Waals surface area contributed by atoms with Crippen LogP contribution in [-0.4, -0.2) is 12.1 Å². The average Bonchev–Trinajstić information content (AvgIpc) is 2.61. The van der Waals surface area contributed by atoms with Crippen LogP contribution in [0, 0.1) is 5.82 Å². The smallest absolute Gasteiger partial charge is 0.130 e. The van der Waals surface area contributed by atoms with Gasteiger partial charge in [-0.05, 0) is 48.0 Å². The fraction of sp³-hybridized carbons (Fsp3) is 0.105. The summed E-state index contributed by atoms with van der Waals surface area (Å²) in [5, 5.41) is 0. The maximum absolute atomic E-state index is 13.6. The first-order chi connectivity index (χ1) is 11.3. The van der Waals surface area contributed by atoms with Gasteiger partial charge in [0, 0.05) is 11.8 Å². The highest BCUT2D eigenvalue weighted by Crippen LogP contribution is 2.32. The molecule has 0 saturated carbocycles. The maximum atomic E-state index is 13.6. The van der Waals surface area contributed by atoms with Crippen LogP contribution in [0.15, 0.2) is 66.9 Å². The van der Waals surface area contributed by atoms with E-state index in [1.165, 1.54) is 12.1 Å². The van der Waals surface area contributed by atoms with Crippen molar-refractivity contribution in [3.05, 3.63) is 78.4 Å². The normalized spacial score (nSPS) is 10.3. The van der Waals surface area contributed by atoms with E-state index in [4.69, 9.17) is 9.47 Å². The van der Waals surface area contributed by atoms with E-state index in [1.54, 1.807) is 19.4 Å². The molecule has 116 valence electrons. The van der Waals surface area contributed by atoms with Crippen molar-refractivity contribution in [2.45, 2.75) is 6.61 Å². The van der Waals surface area contributed by atoms with Crippen molar-refractivity contribution in [2.24, 2.45) is 0 Å². The molecule has 0 fully saturated rings. The third-order valence-corrected chi connectivity index (χ3v) is 3.44. The van der Waals surface area contributed by atoms with Gasteiger partial charge in [-0.25, -0.2) is 4.39 Å². The molecule has 3 aromatic rings. The monoisotopic (exact) mass is 309 g/mol. The van der Waals surface area contributed by atoms with Crippen LogP contribution < -0.4 is 9.47 Å². The Morgan fingerprint density at radius 1 is 1.00 bits per heavy atom. The lowest BCUT2D eigenvalue weighted by Crippen LogP contribution is -1.99. The highest BCUT2D eigenvalue weighted by atomic mass is 19.1. The van der Waals surface area contributed by atoms with E-state index in [0.29, 0.717) is 17.9 Å². The summed E-state index contributed by atoms with van der Waals surface area (Å²) in [6.07, 6.45) is 1.72. The van der Waals surface area contributed by atoms with Gasteiger partial charge in [-0.3, -0.25) is 4.98 Å².